The second-order valence-electron chi connectivity index (χ2n) is 6.88. The first kappa shape index (κ1) is 18.5. The predicted octanol–water partition coefficient (Wildman–Crippen LogP) is 4.45. The van der Waals surface area contributed by atoms with Crippen LogP contribution in [0.25, 0.3) is 0 Å². The van der Waals surface area contributed by atoms with Gasteiger partial charge in [0.25, 0.3) is 5.91 Å². The number of halogens is 1. The van der Waals surface area contributed by atoms with Crippen LogP contribution in [0.5, 0.6) is 0 Å². The minimum atomic E-state index is -0.0767. The van der Waals surface area contributed by atoms with Gasteiger partial charge in [0.15, 0.2) is 0 Å². The van der Waals surface area contributed by atoms with Gasteiger partial charge in [-0.1, -0.05) is 29.3 Å². The molecule has 0 aromatic heterocycles. The van der Waals surface area contributed by atoms with E-state index in [1.54, 1.807) is 6.07 Å². The van der Waals surface area contributed by atoms with Gasteiger partial charge in [-0.3, -0.25) is 9.59 Å². The molecule has 0 radical (unpaired) electrons. The molecule has 0 bridgehead atoms. The minimum Gasteiger partial charge on any atom is -0.339 e. The van der Waals surface area contributed by atoms with Gasteiger partial charge in [0.05, 0.1) is 0 Å². The summed E-state index contributed by atoms with van der Waals surface area (Å²) < 4.78 is 0. The molecule has 2 aromatic carbocycles. The number of nitrogens with zero attached hydrogens (tertiary/aromatic N) is 1. The number of hydrogen-bond donors (Lipinski definition) is 1. The Balaban J connectivity index is 1.56. The Kier molecular flexibility index (Phi) is 5.62. The zero-order valence-electron chi connectivity index (χ0n) is 15.1. The molecule has 0 spiro atoms. The summed E-state index contributed by atoms with van der Waals surface area (Å²) in [6.07, 6.45) is 1.35. The topological polar surface area (TPSA) is 49.4 Å². The van der Waals surface area contributed by atoms with E-state index in [0.29, 0.717) is 36.5 Å². The molecule has 1 heterocycles. The molecule has 2 amide bonds. The van der Waals surface area contributed by atoms with Crippen LogP contribution in [-0.2, 0) is 4.79 Å². The maximum Gasteiger partial charge on any atom is 0.253 e. The highest BCUT2D eigenvalue weighted by Gasteiger charge is 2.28. The third-order valence-electron chi connectivity index (χ3n) is 4.90. The summed E-state index contributed by atoms with van der Waals surface area (Å²) in [6.45, 7) is 5.12. The lowest BCUT2D eigenvalue weighted by Crippen LogP contribution is -2.41. The molecule has 0 atom stereocenters. The number of amides is 2. The number of hydrogen-bond acceptors (Lipinski definition) is 2. The van der Waals surface area contributed by atoms with Crippen LogP contribution in [0.15, 0.2) is 42.5 Å². The van der Waals surface area contributed by atoms with Gasteiger partial charge in [0, 0.05) is 35.3 Å². The average Bonchev–Trinajstić information content (AvgIpc) is 2.64. The quantitative estimate of drug-likeness (QED) is 0.867. The molecular weight excluding hydrogens is 348 g/mol. The van der Waals surface area contributed by atoms with Gasteiger partial charge in [-0.15, -0.1) is 0 Å². The number of anilines is 1. The number of piperidine rings is 1. The van der Waals surface area contributed by atoms with Crippen molar-refractivity contribution in [1.29, 1.82) is 0 Å². The summed E-state index contributed by atoms with van der Waals surface area (Å²) in [7, 11) is 0. The lowest BCUT2D eigenvalue weighted by molar-refractivity contribution is -0.121. The Morgan fingerprint density at radius 3 is 2.31 bits per heavy atom. The number of benzene rings is 2. The molecule has 136 valence electrons. The van der Waals surface area contributed by atoms with Crippen LogP contribution in [0.1, 0.15) is 34.3 Å². The molecule has 1 aliphatic heterocycles. The molecule has 1 saturated heterocycles. The average molecular weight is 371 g/mol. The summed E-state index contributed by atoms with van der Waals surface area (Å²) in [6, 6.07) is 13.0. The van der Waals surface area contributed by atoms with Crippen molar-refractivity contribution in [1.82, 2.24) is 4.90 Å². The monoisotopic (exact) mass is 370 g/mol. The van der Waals surface area contributed by atoms with Crippen molar-refractivity contribution in [3.8, 4) is 0 Å². The van der Waals surface area contributed by atoms with Crippen LogP contribution in [0, 0.1) is 19.8 Å². The maximum atomic E-state index is 12.6. The minimum absolute atomic E-state index is 0.0119. The van der Waals surface area contributed by atoms with Crippen LogP contribution in [0.2, 0.25) is 5.02 Å². The molecule has 0 unspecified atom stereocenters. The SMILES string of the molecule is Cc1ccc(C(=O)N2CCC(C(=O)Nc3ccc(Cl)cc3C)CC2)cc1. The Morgan fingerprint density at radius 1 is 1.04 bits per heavy atom. The largest absolute Gasteiger partial charge is 0.339 e. The summed E-state index contributed by atoms with van der Waals surface area (Å²) >= 11 is 5.96. The Labute approximate surface area is 159 Å². The Bertz CT molecular complexity index is 809. The molecular formula is C21H23ClN2O2. The highest BCUT2D eigenvalue weighted by atomic mass is 35.5. The fourth-order valence-corrected chi connectivity index (χ4v) is 3.45. The fourth-order valence-electron chi connectivity index (χ4n) is 3.23. The van der Waals surface area contributed by atoms with Crippen LogP contribution in [0.4, 0.5) is 5.69 Å². The fraction of sp³-hybridized carbons (Fsp3) is 0.333. The highest BCUT2D eigenvalue weighted by molar-refractivity contribution is 6.30. The van der Waals surface area contributed by atoms with Crippen LogP contribution < -0.4 is 5.32 Å². The first-order valence-corrected chi connectivity index (χ1v) is 9.25. The van der Waals surface area contributed by atoms with E-state index < -0.39 is 0 Å². The molecule has 26 heavy (non-hydrogen) atoms. The van der Waals surface area contributed by atoms with Gasteiger partial charge in [-0.05, 0) is 62.6 Å². The number of rotatable bonds is 3. The molecule has 0 aliphatic carbocycles. The lowest BCUT2D eigenvalue weighted by atomic mass is 9.95. The van der Waals surface area contributed by atoms with E-state index in [2.05, 4.69) is 5.32 Å². The second-order valence-corrected chi connectivity index (χ2v) is 7.32. The van der Waals surface area contributed by atoms with Gasteiger partial charge < -0.3 is 10.2 Å². The van der Waals surface area contributed by atoms with Crippen molar-refractivity contribution in [2.24, 2.45) is 5.92 Å². The second kappa shape index (κ2) is 7.92. The third-order valence-corrected chi connectivity index (χ3v) is 5.13. The van der Waals surface area contributed by atoms with Crippen molar-refractivity contribution in [2.75, 3.05) is 18.4 Å². The van der Waals surface area contributed by atoms with Crippen molar-refractivity contribution < 1.29 is 9.59 Å². The van der Waals surface area contributed by atoms with Crippen molar-refractivity contribution in [3.63, 3.8) is 0 Å². The van der Waals surface area contributed by atoms with Crippen LogP contribution in [-0.4, -0.2) is 29.8 Å². The third kappa shape index (κ3) is 4.25. The predicted molar refractivity (Wildman–Crippen MR) is 105 cm³/mol. The number of aryl methyl sites for hydroxylation is 2. The van der Waals surface area contributed by atoms with E-state index in [9.17, 15) is 9.59 Å². The molecule has 2 aromatic rings. The summed E-state index contributed by atoms with van der Waals surface area (Å²) in [5, 5.41) is 3.64. The van der Waals surface area contributed by atoms with Gasteiger partial charge in [0.2, 0.25) is 5.91 Å². The van der Waals surface area contributed by atoms with Gasteiger partial charge >= 0.3 is 0 Å². The maximum absolute atomic E-state index is 12.6. The summed E-state index contributed by atoms with van der Waals surface area (Å²) in [5.41, 5.74) is 3.57. The number of carbonyl (C=O) groups is 2. The number of nitrogens with one attached hydrogen (secondary N) is 1. The zero-order valence-corrected chi connectivity index (χ0v) is 15.8. The van der Waals surface area contributed by atoms with Gasteiger partial charge in [-0.25, -0.2) is 0 Å². The lowest BCUT2D eigenvalue weighted by Gasteiger charge is -2.31. The van der Waals surface area contributed by atoms with Crippen molar-refractivity contribution in [2.45, 2.75) is 26.7 Å². The standard InChI is InChI=1S/C21H23ClN2O2/c1-14-3-5-17(6-4-14)21(26)24-11-9-16(10-12-24)20(25)23-19-8-7-18(22)13-15(19)2/h3-8,13,16H,9-12H2,1-2H3,(H,23,25). The molecule has 1 aliphatic rings. The highest BCUT2D eigenvalue weighted by Crippen LogP contribution is 2.24. The Hall–Kier alpha value is -2.33. The smallest absolute Gasteiger partial charge is 0.253 e. The number of likely N-dealkylation sites (tertiary alicyclic amines) is 1. The molecule has 1 N–H and O–H groups in total. The Morgan fingerprint density at radius 2 is 1.69 bits per heavy atom. The molecule has 1 fully saturated rings. The van der Waals surface area contributed by atoms with E-state index in [1.165, 1.54) is 0 Å². The van der Waals surface area contributed by atoms with E-state index in [1.807, 2.05) is 55.1 Å². The summed E-state index contributed by atoms with van der Waals surface area (Å²) in [4.78, 5) is 26.9. The summed E-state index contributed by atoms with van der Waals surface area (Å²) in [5.74, 6) is -0.0255. The van der Waals surface area contributed by atoms with Gasteiger partial charge in [0.1, 0.15) is 0 Å². The molecule has 4 nitrogen and oxygen atoms in total. The van der Waals surface area contributed by atoms with Crippen LogP contribution in [0.3, 0.4) is 0 Å². The van der Waals surface area contributed by atoms with Crippen molar-refractivity contribution >= 4 is 29.1 Å². The van der Waals surface area contributed by atoms with E-state index >= 15 is 0 Å². The first-order chi connectivity index (χ1) is 12.4. The zero-order chi connectivity index (χ0) is 18.7. The van der Waals surface area contributed by atoms with Crippen LogP contribution >= 0.6 is 11.6 Å². The van der Waals surface area contributed by atoms with E-state index in [4.69, 9.17) is 11.6 Å². The normalized spacial score (nSPS) is 15.0. The van der Waals surface area contributed by atoms with E-state index in [-0.39, 0.29) is 17.7 Å². The molecule has 0 saturated carbocycles. The van der Waals surface area contributed by atoms with Gasteiger partial charge in [-0.2, -0.15) is 0 Å². The number of carbonyl (C=O) groups excluding carboxylic acids is 2. The molecule has 5 heteroatoms. The molecule has 3 rings (SSSR count). The van der Waals surface area contributed by atoms with Crippen molar-refractivity contribution in [3.05, 3.63) is 64.2 Å². The first-order valence-electron chi connectivity index (χ1n) is 8.87. The van der Waals surface area contributed by atoms with E-state index in [0.717, 1.165) is 16.8 Å².